The number of carbonyl (C=O) groups excluding carboxylic acids is 1. The van der Waals surface area contributed by atoms with Gasteiger partial charge in [-0.05, 0) is 42.3 Å². The van der Waals surface area contributed by atoms with Gasteiger partial charge >= 0.3 is 5.97 Å². The van der Waals surface area contributed by atoms with Crippen LogP contribution in [0, 0.1) is 0 Å². The highest BCUT2D eigenvalue weighted by molar-refractivity contribution is 6.01. The number of H-pyrrole nitrogens is 1. The summed E-state index contributed by atoms with van der Waals surface area (Å²) in [5, 5.41) is 0. The van der Waals surface area contributed by atoms with E-state index in [0.717, 1.165) is 16.7 Å². The second kappa shape index (κ2) is 9.26. The van der Waals surface area contributed by atoms with E-state index in [9.17, 15) is 4.79 Å². The minimum absolute atomic E-state index is 0.273. The molecule has 3 aromatic rings. The SMILES string of the molecule is CCOC(=O)c1[nH]cc(-c2ccc(OC)c(OC)c2)c1-c1ccc(OC)c(OC)c1. The van der Waals surface area contributed by atoms with Crippen molar-refractivity contribution in [1.82, 2.24) is 4.98 Å². The lowest BCUT2D eigenvalue weighted by Crippen LogP contribution is -2.06. The Labute approximate surface area is 175 Å². The zero-order chi connectivity index (χ0) is 21.7. The first-order chi connectivity index (χ1) is 14.6. The Hall–Kier alpha value is -3.61. The number of aromatic amines is 1. The van der Waals surface area contributed by atoms with Crippen molar-refractivity contribution in [2.24, 2.45) is 0 Å². The first kappa shape index (κ1) is 21.1. The number of methoxy groups -OCH3 is 4. The van der Waals surface area contributed by atoms with Crippen LogP contribution in [-0.4, -0.2) is 46.0 Å². The van der Waals surface area contributed by atoms with Gasteiger partial charge in [0, 0.05) is 17.3 Å². The summed E-state index contributed by atoms with van der Waals surface area (Å²) in [7, 11) is 6.31. The van der Waals surface area contributed by atoms with Crippen LogP contribution in [0.15, 0.2) is 42.6 Å². The highest BCUT2D eigenvalue weighted by atomic mass is 16.5. The highest BCUT2D eigenvalue weighted by Gasteiger charge is 2.23. The summed E-state index contributed by atoms with van der Waals surface area (Å²) in [6.07, 6.45) is 1.78. The molecule has 1 heterocycles. The first-order valence-corrected chi connectivity index (χ1v) is 9.41. The monoisotopic (exact) mass is 411 g/mol. The third-order valence-corrected chi connectivity index (χ3v) is 4.73. The average Bonchev–Trinajstić information content (AvgIpc) is 3.23. The van der Waals surface area contributed by atoms with Crippen molar-refractivity contribution in [3.8, 4) is 45.3 Å². The van der Waals surface area contributed by atoms with Gasteiger partial charge in [0.25, 0.3) is 0 Å². The summed E-state index contributed by atoms with van der Waals surface area (Å²) in [6, 6.07) is 11.1. The Morgan fingerprint density at radius 3 is 1.87 bits per heavy atom. The average molecular weight is 411 g/mol. The Morgan fingerprint density at radius 2 is 1.33 bits per heavy atom. The molecule has 7 nitrogen and oxygen atoms in total. The zero-order valence-electron chi connectivity index (χ0n) is 17.7. The molecule has 0 aliphatic carbocycles. The van der Waals surface area contributed by atoms with Crippen LogP contribution in [-0.2, 0) is 4.74 Å². The normalized spacial score (nSPS) is 10.4. The zero-order valence-corrected chi connectivity index (χ0v) is 17.7. The Balaban J connectivity index is 2.22. The molecular formula is C23H25NO6. The number of rotatable bonds is 8. The topological polar surface area (TPSA) is 79.0 Å². The van der Waals surface area contributed by atoms with Gasteiger partial charge in [0.15, 0.2) is 23.0 Å². The van der Waals surface area contributed by atoms with Crippen LogP contribution in [0.3, 0.4) is 0 Å². The van der Waals surface area contributed by atoms with E-state index >= 15 is 0 Å². The maximum absolute atomic E-state index is 12.6. The van der Waals surface area contributed by atoms with Gasteiger partial charge in [-0.1, -0.05) is 12.1 Å². The van der Waals surface area contributed by atoms with Crippen LogP contribution in [0.2, 0.25) is 0 Å². The Bertz CT molecular complexity index is 1040. The lowest BCUT2D eigenvalue weighted by molar-refractivity contribution is 0.0521. The van der Waals surface area contributed by atoms with Gasteiger partial charge in [-0.25, -0.2) is 4.79 Å². The number of nitrogens with one attached hydrogen (secondary N) is 1. The van der Waals surface area contributed by atoms with E-state index in [0.29, 0.717) is 34.3 Å². The number of hydrogen-bond donors (Lipinski definition) is 1. The molecule has 0 aliphatic rings. The Kier molecular flexibility index (Phi) is 6.51. The molecule has 0 spiro atoms. The molecule has 1 N–H and O–H groups in total. The number of ether oxygens (including phenoxy) is 5. The summed E-state index contributed by atoms with van der Waals surface area (Å²) in [5.74, 6) is 1.93. The molecule has 0 aliphatic heterocycles. The number of benzene rings is 2. The molecule has 0 atom stereocenters. The van der Waals surface area contributed by atoms with Crippen molar-refractivity contribution in [1.29, 1.82) is 0 Å². The molecule has 7 heteroatoms. The molecule has 0 amide bonds. The smallest absolute Gasteiger partial charge is 0.355 e. The van der Waals surface area contributed by atoms with Gasteiger partial charge in [-0.15, -0.1) is 0 Å². The van der Waals surface area contributed by atoms with Crippen molar-refractivity contribution in [3.63, 3.8) is 0 Å². The standard InChI is InChI=1S/C23H25NO6/c1-6-30-23(25)22-21(15-8-10-18(27-3)20(12-15)29-5)16(13-24-22)14-7-9-17(26-2)19(11-14)28-4/h7-13,24H,6H2,1-5H3. The largest absolute Gasteiger partial charge is 0.493 e. The summed E-state index contributed by atoms with van der Waals surface area (Å²) < 4.78 is 26.8. The minimum atomic E-state index is -0.436. The van der Waals surface area contributed by atoms with E-state index in [2.05, 4.69) is 4.98 Å². The van der Waals surface area contributed by atoms with Crippen LogP contribution < -0.4 is 18.9 Å². The van der Waals surface area contributed by atoms with E-state index < -0.39 is 5.97 Å². The van der Waals surface area contributed by atoms with E-state index in [-0.39, 0.29) is 6.61 Å². The van der Waals surface area contributed by atoms with Crippen LogP contribution in [0.25, 0.3) is 22.3 Å². The van der Waals surface area contributed by atoms with Crippen LogP contribution in [0.5, 0.6) is 23.0 Å². The third kappa shape index (κ3) is 3.91. The van der Waals surface area contributed by atoms with Gasteiger partial charge in [0.1, 0.15) is 5.69 Å². The maximum Gasteiger partial charge on any atom is 0.355 e. The van der Waals surface area contributed by atoms with Crippen molar-refractivity contribution in [2.45, 2.75) is 6.92 Å². The van der Waals surface area contributed by atoms with Crippen molar-refractivity contribution >= 4 is 5.97 Å². The summed E-state index contributed by atoms with van der Waals surface area (Å²) in [6.45, 7) is 2.04. The fourth-order valence-corrected chi connectivity index (χ4v) is 3.31. The molecule has 2 aromatic carbocycles. The van der Waals surface area contributed by atoms with E-state index in [4.69, 9.17) is 23.7 Å². The molecular weight excluding hydrogens is 386 g/mol. The number of aromatic nitrogens is 1. The van der Waals surface area contributed by atoms with Crippen LogP contribution >= 0.6 is 0 Å². The molecule has 0 radical (unpaired) electrons. The quantitative estimate of drug-likeness (QED) is 0.548. The van der Waals surface area contributed by atoms with Gasteiger partial charge in [-0.3, -0.25) is 0 Å². The molecule has 158 valence electrons. The lowest BCUT2D eigenvalue weighted by Gasteiger charge is -2.13. The third-order valence-electron chi connectivity index (χ3n) is 4.73. The fourth-order valence-electron chi connectivity index (χ4n) is 3.31. The second-order valence-corrected chi connectivity index (χ2v) is 6.31. The minimum Gasteiger partial charge on any atom is -0.493 e. The van der Waals surface area contributed by atoms with Crippen molar-refractivity contribution < 1.29 is 28.5 Å². The fraction of sp³-hybridized carbons (Fsp3) is 0.261. The number of carbonyl (C=O) groups is 1. The molecule has 0 saturated heterocycles. The first-order valence-electron chi connectivity index (χ1n) is 9.41. The van der Waals surface area contributed by atoms with E-state index in [1.165, 1.54) is 0 Å². The van der Waals surface area contributed by atoms with Crippen molar-refractivity contribution in [3.05, 3.63) is 48.3 Å². The van der Waals surface area contributed by atoms with Gasteiger partial charge in [0.05, 0.1) is 35.0 Å². The van der Waals surface area contributed by atoms with E-state index in [1.54, 1.807) is 47.6 Å². The predicted molar refractivity (Wildman–Crippen MR) is 114 cm³/mol. The maximum atomic E-state index is 12.6. The van der Waals surface area contributed by atoms with Crippen LogP contribution in [0.4, 0.5) is 0 Å². The molecule has 3 rings (SSSR count). The number of esters is 1. The van der Waals surface area contributed by atoms with E-state index in [1.807, 2.05) is 30.3 Å². The Morgan fingerprint density at radius 1 is 0.800 bits per heavy atom. The molecule has 30 heavy (non-hydrogen) atoms. The van der Waals surface area contributed by atoms with Gasteiger partial charge < -0.3 is 28.7 Å². The highest BCUT2D eigenvalue weighted by Crippen LogP contribution is 2.41. The molecule has 0 fully saturated rings. The molecule has 0 bridgehead atoms. The predicted octanol–water partition coefficient (Wildman–Crippen LogP) is 4.56. The molecule has 0 saturated carbocycles. The van der Waals surface area contributed by atoms with Gasteiger partial charge in [0.2, 0.25) is 0 Å². The second-order valence-electron chi connectivity index (χ2n) is 6.31. The molecule has 0 unspecified atom stereocenters. The van der Waals surface area contributed by atoms with Crippen molar-refractivity contribution in [2.75, 3.05) is 35.0 Å². The van der Waals surface area contributed by atoms with Crippen LogP contribution in [0.1, 0.15) is 17.4 Å². The summed E-state index contributed by atoms with van der Waals surface area (Å²) in [5.41, 5.74) is 3.49. The lowest BCUT2D eigenvalue weighted by atomic mass is 9.96. The van der Waals surface area contributed by atoms with Gasteiger partial charge in [-0.2, -0.15) is 0 Å². The summed E-state index contributed by atoms with van der Waals surface area (Å²) in [4.78, 5) is 15.7. The molecule has 1 aromatic heterocycles. The summed E-state index contributed by atoms with van der Waals surface area (Å²) >= 11 is 0. The number of hydrogen-bond acceptors (Lipinski definition) is 6.